The fourth-order valence-electron chi connectivity index (χ4n) is 2.87. The summed E-state index contributed by atoms with van der Waals surface area (Å²) in [6, 6.07) is 15.9. The van der Waals surface area contributed by atoms with E-state index in [9.17, 15) is 0 Å². The van der Waals surface area contributed by atoms with Crippen molar-refractivity contribution >= 4 is 16.9 Å². The summed E-state index contributed by atoms with van der Waals surface area (Å²) in [4.78, 5) is 4.36. The van der Waals surface area contributed by atoms with Gasteiger partial charge in [-0.25, -0.2) is 0 Å². The molecule has 0 unspecified atom stereocenters. The molecule has 0 bridgehead atoms. The molecule has 0 saturated carbocycles. The van der Waals surface area contributed by atoms with E-state index in [0.29, 0.717) is 25.5 Å². The Morgan fingerprint density at radius 1 is 1.04 bits per heavy atom. The van der Waals surface area contributed by atoms with Crippen LogP contribution in [0.3, 0.4) is 0 Å². The molecule has 3 aromatic rings. The topological polar surface area (TPSA) is 82.0 Å². The van der Waals surface area contributed by atoms with Gasteiger partial charge >= 0.3 is 0 Å². The molecular formula is C21H25N3O3. The predicted octanol–water partition coefficient (Wildman–Crippen LogP) is 3.14. The van der Waals surface area contributed by atoms with Gasteiger partial charge in [0.1, 0.15) is 11.3 Å². The predicted molar refractivity (Wildman–Crippen MR) is 108 cm³/mol. The first-order chi connectivity index (χ1) is 13.2. The number of nitrogens with one attached hydrogen (secondary N) is 1. The minimum atomic E-state index is 0.437. The largest absolute Gasteiger partial charge is 0.493 e. The number of para-hydroxylation sites is 1. The third kappa shape index (κ3) is 4.94. The second-order valence-corrected chi connectivity index (χ2v) is 6.13. The molecule has 6 heteroatoms. The van der Waals surface area contributed by atoms with E-state index in [1.54, 1.807) is 14.2 Å². The van der Waals surface area contributed by atoms with Crippen LogP contribution in [0.5, 0.6) is 11.5 Å². The molecule has 0 radical (unpaired) electrons. The number of rotatable bonds is 8. The van der Waals surface area contributed by atoms with Crippen LogP contribution in [0.4, 0.5) is 0 Å². The highest BCUT2D eigenvalue weighted by Gasteiger charge is 2.05. The minimum absolute atomic E-state index is 0.437. The van der Waals surface area contributed by atoms with Crippen molar-refractivity contribution in [1.82, 2.24) is 5.32 Å². The summed E-state index contributed by atoms with van der Waals surface area (Å²) < 4.78 is 16.3. The number of benzene rings is 2. The van der Waals surface area contributed by atoms with Crippen molar-refractivity contribution in [2.24, 2.45) is 10.7 Å². The van der Waals surface area contributed by atoms with Crippen molar-refractivity contribution in [3.8, 4) is 11.5 Å². The Morgan fingerprint density at radius 3 is 2.63 bits per heavy atom. The molecule has 1 heterocycles. The second kappa shape index (κ2) is 8.98. The van der Waals surface area contributed by atoms with Gasteiger partial charge in [0.25, 0.3) is 0 Å². The lowest BCUT2D eigenvalue weighted by Crippen LogP contribution is -2.33. The van der Waals surface area contributed by atoms with Crippen LogP contribution >= 0.6 is 0 Å². The molecule has 142 valence electrons. The third-order valence-corrected chi connectivity index (χ3v) is 4.28. The van der Waals surface area contributed by atoms with Gasteiger partial charge in [-0.15, -0.1) is 0 Å². The summed E-state index contributed by atoms with van der Waals surface area (Å²) in [5, 5.41) is 4.24. The molecule has 0 aliphatic heterocycles. The van der Waals surface area contributed by atoms with Gasteiger partial charge < -0.3 is 24.9 Å². The normalized spacial score (nSPS) is 11.6. The minimum Gasteiger partial charge on any atom is -0.493 e. The van der Waals surface area contributed by atoms with E-state index in [1.165, 1.54) is 0 Å². The third-order valence-electron chi connectivity index (χ3n) is 4.28. The first kappa shape index (κ1) is 18.6. The highest BCUT2D eigenvalue weighted by Crippen LogP contribution is 2.27. The number of guanidine groups is 1. The number of furan rings is 1. The Kier molecular flexibility index (Phi) is 6.20. The lowest BCUT2D eigenvalue weighted by Gasteiger charge is -2.10. The lowest BCUT2D eigenvalue weighted by atomic mass is 10.1. The Bertz CT molecular complexity index is 885. The Labute approximate surface area is 159 Å². The van der Waals surface area contributed by atoms with Crippen molar-refractivity contribution in [2.45, 2.75) is 12.8 Å². The van der Waals surface area contributed by atoms with Gasteiger partial charge in [0.2, 0.25) is 0 Å². The lowest BCUT2D eigenvalue weighted by molar-refractivity contribution is 0.354. The van der Waals surface area contributed by atoms with E-state index in [2.05, 4.69) is 10.3 Å². The summed E-state index contributed by atoms with van der Waals surface area (Å²) in [6.07, 6.45) is 1.52. The van der Waals surface area contributed by atoms with Gasteiger partial charge in [-0.3, -0.25) is 4.99 Å². The summed E-state index contributed by atoms with van der Waals surface area (Å²) >= 11 is 0. The number of hydrogen-bond donors (Lipinski definition) is 2. The molecule has 0 spiro atoms. The molecule has 3 N–H and O–H groups in total. The maximum absolute atomic E-state index is 5.94. The zero-order valence-electron chi connectivity index (χ0n) is 15.7. The summed E-state index contributed by atoms with van der Waals surface area (Å²) in [5.74, 6) is 2.80. The average molecular weight is 367 g/mol. The number of methoxy groups -OCH3 is 2. The van der Waals surface area contributed by atoms with E-state index in [1.807, 2.05) is 48.5 Å². The first-order valence-corrected chi connectivity index (χ1v) is 8.91. The van der Waals surface area contributed by atoms with Crippen LogP contribution in [0.2, 0.25) is 0 Å². The fraction of sp³-hybridized carbons (Fsp3) is 0.286. The molecule has 2 aromatic carbocycles. The summed E-state index contributed by atoms with van der Waals surface area (Å²) in [7, 11) is 3.26. The van der Waals surface area contributed by atoms with Crippen LogP contribution in [-0.4, -0.2) is 33.3 Å². The summed E-state index contributed by atoms with van der Waals surface area (Å²) in [6.45, 7) is 1.27. The molecule has 6 nitrogen and oxygen atoms in total. The first-order valence-electron chi connectivity index (χ1n) is 8.91. The zero-order valence-corrected chi connectivity index (χ0v) is 15.7. The van der Waals surface area contributed by atoms with E-state index in [4.69, 9.17) is 19.6 Å². The quantitative estimate of drug-likeness (QED) is 0.472. The number of hydrogen-bond acceptors (Lipinski definition) is 4. The van der Waals surface area contributed by atoms with E-state index in [0.717, 1.165) is 40.2 Å². The molecule has 1 aromatic heterocycles. The molecule has 0 atom stereocenters. The van der Waals surface area contributed by atoms with Crippen LogP contribution in [0, 0.1) is 0 Å². The van der Waals surface area contributed by atoms with Crippen LogP contribution in [-0.2, 0) is 12.8 Å². The number of nitrogens with two attached hydrogens (primary N) is 1. The Hall–Kier alpha value is -3.15. The molecule has 27 heavy (non-hydrogen) atoms. The zero-order chi connectivity index (χ0) is 19.1. The van der Waals surface area contributed by atoms with Gasteiger partial charge in [-0.1, -0.05) is 24.3 Å². The SMILES string of the molecule is COc1ccc(CCNC(N)=NCCc2cc3ccccc3o2)cc1OC. The molecule has 0 saturated heterocycles. The van der Waals surface area contributed by atoms with Crippen molar-refractivity contribution in [2.75, 3.05) is 27.3 Å². The van der Waals surface area contributed by atoms with Crippen molar-refractivity contribution in [3.05, 3.63) is 59.9 Å². The molecule has 0 amide bonds. The maximum atomic E-state index is 5.94. The number of nitrogens with zero attached hydrogens (tertiary/aromatic N) is 1. The standard InChI is InChI=1S/C21H25N3O3/c1-25-19-8-7-15(13-20(19)26-2)9-11-23-21(22)24-12-10-17-14-16-5-3-4-6-18(16)27-17/h3-8,13-14H,9-12H2,1-2H3,(H3,22,23,24). The molecule has 0 fully saturated rings. The van der Waals surface area contributed by atoms with Crippen molar-refractivity contribution in [1.29, 1.82) is 0 Å². The van der Waals surface area contributed by atoms with Gasteiger partial charge in [0, 0.05) is 24.9 Å². The smallest absolute Gasteiger partial charge is 0.188 e. The fourth-order valence-corrected chi connectivity index (χ4v) is 2.87. The molecular weight excluding hydrogens is 342 g/mol. The number of ether oxygens (including phenoxy) is 2. The Morgan fingerprint density at radius 2 is 1.85 bits per heavy atom. The maximum Gasteiger partial charge on any atom is 0.188 e. The van der Waals surface area contributed by atoms with Crippen molar-refractivity contribution in [3.63, 3.8) is 0 Å². The van der Waals surface area contributed by atoms with Gasteiger partial charge in [0.05, 0.1) is 14.2 Å². The van der Waals surface area contributed by atoms with E-state index >= 15 is 0 Å². The highest BCUT2D eigenvalue weighted by atomic mass is 16.5. The number of fused-ring (bicyclic) bond motifs is 1. The second-order valence-electron chi connectivity index (χ2n) is 6.13. The van der Waals surface area contributed by atoms with E-state index < -0.39 is 0 Å². The molecule has 0 aliphatic rings. The summed E-state index contributed by atoms with van der Waals surface area (Å²) in [5.41, 5.74) is 7.98. The highest BCUT2D eigenvalue weighted by molar-refractivity contribution is 5.78. The molecule has 3 rings (SSSR count). The van der Waals surface area contributed by atoms with Crippen molar-refractivity contribution < 1.29 is 13.9 Å². The van der Waals surface area contributed by atoms with Crippen LogP contribution in [0.15, 0.2) is 57.9 Å². The average Bonchev–Trinajstić information content (AvgIpc) is 3.10. The van der Waals surface area contributed by atoms with Crippen LogP contribution in [0.1, 0.15) is 11.3 Å². The van der Waals surface area contributed by atoms with E-state index in [-0.39, 0.29) is 0 Å². The molecule has 0 aliphatic carbocycles. The van der Waals surface area contributed by atoms with Crippen LogP contribution in [0.25, 0.3) is 11.0 Å². The van der Waals surface area contributed by atoms with Crippen LogP contribution < -0.4 is 20.5 Å². The van der Waals surface area contributed by atoms with Gasteiger partial charge in [-0.05, 0) is 36.2 Å². The van der Waals surface area contributed by atoms with Gasteiger partial charge in [0.15, 0.2) is 17.5 Å². The number of aliphatic imine (C=N–C) groups is 1. The van der Waals surface area contributed by atoms with Gasteiger partial charge in [-0.2, -0.15) is 0 Å². The Balaban J connectivity index is 1.45. The monoisotopic (exact) mass is 367 g/mol.